The Labute approximate surface area is 79.2 Å². The summed E-state index contributed by atoms with van der Waals surface area (Å²) in [6, 6.07) is 0. The van der Waals surface area contributed by atoms with Crippen molar-refractivity contribution in [2.24, 2.45) is 17.0 Å². The molecular formula is C8H17NO3S. The van der Waals surface area contributed by atoms with Gasteiger partial charge < -0.3 is 5.11 Å². The second kappa shape index (κ2) is 4.39. The molecule has 0 heterocycles. The fraction of sp³-hybridized carbons (Fsp3) is 1.00. The fourth-order valence-electron chi connectivity index (χ4n) is 1.91. The molecule has 0 spiro atoms. The van der Waals surface area contributed by atoms with Crippen LogP contribution >= 0.6 is 0 Å². The average molecular weight is 207 g/mol. The molecule has 0 unspecified atom stereocenters. The van der Waals surface area contributed by atoms with E-state index in [4.69, 9.17) is 10.2 Å². The minimum absolute atomic E-state index is 0.102. The number of hydrogen-bond donors (Lipinski definition) is 2. The number of rotatable bonds is 3. The molecule has 0 amide bonds. The molecule has 1 aliphatic carbocycles. The van der Waals surface area contributed by atoms with E-state index in [9.17, 15) is 8.42 Å². The molecule has 0 aromatic rings. The molecule has 13 heavy (non-hydrogen) atoms. The third kappa shape index (κ3) is 4.06. The topological polar surface area (TPSA) is 80.4 Å². The Bertz CT molecular complexity index is 242. The van der Waals surface area contributed by atoms with Crippen molar-refractivity contribution in [1.29, 1.82) is 0 Å². The number of sulfonamides is 1. The smallest absolute Gasteiger partial charge is 0.209 e. The Morgan fingerprint density at radius 2 is 1.62 bits per heavy atom. The summed E-state index contributed by atoms with van der Waals surface area (Å²) in [6.07, 6.45) is 3.61. The molecule has 0 aliphatic heterocycles. The van der Waals surface area contributed by atoms with E-state index in [1.807, 2.05) is 0 Å². The molecule has 0 aromatic carbocycles. The molecule has 78 valence electrons. The Hall–Kier alpha value is -0.130. The predicted molar refractivity (Wildman–Crippen MR) is 50.5 cm³/mol. The van der Waals surface area contributed by atoms with Crippen LogP contribution in [0.25, 0.3) is 0 Å². The van der Waals surface area contributed by atoms with Gasteiger partial charge in [-0.2, -0.15) is 0 Å². The summed E-state index contributed by atoms with van der Waals surface area (Å²) >= 11 is 0. The normalized spacial score (nSPS) is 30.3. The quantitative estimate of drug-likeness (QED) is 0.687. The first-order valence-corrected chi connectivity index (χ1v) is 6.34. The molecule has 4 nitrogen and oxygen atoms in total. The molecule has 1 aliphatic rings. The highest BCUT2D eigenvalue weighted by Crippen LogP contribution is 2.28. The third-order valence-corrected chi connectivity index (χ3v) is 3.63. The van der Waals surface area contributed by atoms with Gasteiger partial charge in [-0.05, 0) is 37.5 Å². The van der Waals surface area contributed by atoms with Gasteiger partial charge in [0.1, 0.15) is 0 Å². The summed E-state index contributed by atoms with van der Waals surface area (Å²) < 4.78 is 21.6. The number of nitrogens with two attached hydrogens (primary N) is 1. The van der Waals surface area contributed by atoms with Crippen molar-refractivity contribution in [2.45, 2.75) is 25.7 Å². The van der Waals surface area contributed by atoms with Crippen LogP contribution < -0.4 is 5.14 Å². The van der Waals surface area contributed by atoms with E-state index in [-0.39, 0.29) is 18.3 Å². The van der Waals surface area contributed by atoms with Crippen molar-refractivity contribution < 1.29 is 13.5 Å². The standard InChI is InChI=1S/C8H17NO3S/c9-13(11,12)6-8-3-1-7(5-10)2-4-8/h7-8,10H,1-6H2,(H2,9,11,12). The summed E-state index contributed by atoms with van der Waals surface area (Å²) in [6.45, 7) is 0.224. The lowest BCUT2D eigenvalue weighted by molar-refractivity contribution is 0.172. The molecule has 0 bridgehead atoms. The molecule has 0 atom stereocenters. The number of aliphatic hydroxyl groups is 1. The van der Waals surface area contributed by atoms with Crippen LogP contribution in [0.3, 0.4) is 0 Å². The SMILES string of the molecule is NS(=O)(=O)CC1CCC(CO)CC1. The van der Waals surface area contributed by atoms with Crippen molar-refractivity contribution >= 4 is 10.0 Å². The van der Waals surface area contributed by atoms with Crippen molar-refractivity contribution in [1.82, 2.24) is 0 Å². The Morgan fingerprint density at radius 3 is 2.00 bits per heavy atom. The lowest BCUT2D eigenvalue weighted by atomic mass is 9.83. The van der Waals surface area contributed by atoms with Gasteiger partial charge in [0.2, 0.25) is 10.0 Å². The highest BCUT2D eigenvalue weighted by molar-refractivity contribution is 7.89. The van der Waals surface area contributed by atoms with Crippen LogP contribution in [0.15, 0.2) is 0 Å². The van der Waals surface area contributed by atoms with Crippen LogP contribution in [0.4, 0.5) is 0 Å². The molecule has 0 aromatic heterocycles. The summed E-state index contributed by atoms with van der Waals surface area (Å²) in [5, 5.41) is 13.8. The summed E-state index contributed by atoms with van der Waals surface area (Å²) in [7, 11) is -3.31. The fourth-order valence-corrected chi connectivity index (χ4v) is 2.90. The molecule has 1 saturated carbocycles. The zero-order valence-electron chi connectivity index (χ0n) is 7.65. The van der Waals surface area contributed by atoms with Gasteiger partial charge in [-0.1, -0.05) is 0 Å². The Balaban J connectivity index is 2.33. The van der Waals surface area contributed by atoms with E-state index >= 15 is 0 Å². The average Bonchev–Trinajstić information content (AvgIpc) is 2.03. The largest absolute Gasteiger partial charge is 0.396 e. The van der Waals surface area contributed by atoms with Gasteiger partial charge in [0, 0.05) is 6.61 Å². The van der Waals surface area contributed by atoms with Crippen LogP contribution in [0, 0.1) is 11.8 Å². The number of aliphatic hydroxyl groups excluding tert-OH is 1. The van der Waals surface area contributed by atoms with Crippen LogP contribution in [0.1, 0.15) is 25.7 Å². The van der Waals surface area contributed by atoms with Gasteiger partial charge in [-0.25, -0.2) is 13.6 Å². The highest BCUT2D eigenvalue weighted by atomic mass is 32.2. The molecular weight excluding hydrogens is 190 g/mol. The monoisotopic (exact) mass is 207 g/mol. The van der Waals surface area contributed by atoms with Crippen LogP contribution in [-0.4, -0.2) is 25.9 Å². The molecule has 3 N–H and O–H groups in total. The van der Waals surface area contributed by atoms with E-state index in [0.29, 0.717) is 5.92 Å². The van der Waals surface area contributed by atoms with Gasteiger partial charge in [0.05, 0.1) is 5.75 Å². The van der Waals surface area contributed by atoms with E-state index < -0.39 is 10.0 Å². The van der Waals surface area contributed by atoms with Crippen LogP contribution in [-0.2, 0) is 10.0 Å². The van der Waals surface area contributed by atoms with Crippen molar-refractivity contribution in [3.05, 3.63) is 0 Å². The summed E-state index contributed by atoms with van der Waals surface area (Å²) in [5.41, 5.74) is 0. The third-order valence-electron chi connectivity index (χ3n) is 2.69. The van der Waals surface area contributed by atoms with Gasteiger partial charge in [0.15, 0.2) is 0 Å². The van der Waals surface area contributed by atoms with Gasteiger partial charge in [0.25, 0.3) is 0 Å². The second-order valence-electron chi connectivity index (χ2n) is 3.90. The molecule has 1 rings (SSSR count). The minimum Gasteiger partial charge on any atom is -0.396 e. The van der Waals surface area contributed by atoms with Gasteiger partial charge in [-0.3, -0.25) is 0 Å². The van der Waals surface area contributed by atoms with E-state index in [1.54, 1.807) is 0 Å². The first kappa shape index (κ1) is 10.9. The lowest BCUT2D eigenvalue weighted by Gasteiger charge is -2.26. The minimum atomic E-state index is -3.31. The van der Waals surface area contributed by atoms with Gasteiger partial charge >= 0.3 is 0 Å². The maximum absolute atomic E-state index is 10.8. The molecule has 0 radical (unpaired) electrons. The Kier molecular flexibility index (Phi) is 3.70. The van der Waals surface area contributed by atoms with Crippen LogP contribution in [0.2, 0.25) is 0 Å². The van der Waals surface area contributed by atoms with Crippen molar-refractivity contribution in [3.63, 3.8) is 0 Å². The van der Waals surface area contributed by atoms with Gasteiger partial charge in [-0.15, -0.1) is 0 Å². The van der Waals surface area contributed by atoms with E-state index in [1.165, 1.54) is 0 Å². The predicted octanol–water partition coefficient (Wildman–Crippen LogP) is 0.0736. The molecule has 1 fully saturated rings. The zero-order chi connectivity index (χ0) is 9.90. The maximum Gasteiger partial charge on any atom is 0.209 e. The lowest BCUT2D eigenvalue weighted by Crippen LogP contribution is -2.27. The zero-order valence-corrected chi connectivity index (χ0v) is 8.46. The van der Waals surface area contributed by atoms with Crippen LogP contribution in [0.5, 0.6) is 0 Å². The van der Waals surface area contributed by atoms with Crippen molar-refractivity contribution in [2.75, 3.05) is 12.4 Å². The molecule has 0 saturated heterocycles. The summed E-state index contributed by atoms with van der Waals surface area (Å²) in [5.74, 6) is 0.681. The first-order valence-electron chi connectivity index (χ1n) is 4.62. The Morgan fingerprint density at radius 1 is 1.15 bits per heavy atom. The highest BCUT2D eigenvalue weighted by Gasteiger charge is 2.23. The first-order chi connectivity index (χ1) is 6.01. The van der Waals surface area contributed by atoms with Crippen molar-refractivity contribution in [3.8, 4) is 0 Å². The second-order valence-corrected chi connectivity index (χ2v) is 5.56. The number of primary sulfonamides is 1. The maximum atomic E-state index is 10.8. The van der Waals surface area contributed by atoms with E-state index in [2.05, 4.69) is 0 Å². The molecule has 5 heteroatoms. The number of hydrogen-bond acceptors (Lipinski definition) is 3. The van der Waals surface area contributed by atoms with E-state index in [0.717, 1.165) is 25.7 Å². The summed E-state index contributed by atoms with van der Waals surface area (Å²) in [4.78, 5) is 0.